The van der Waals surface area contributed by atoms with E-state index < -0.39 is 23.7 Å². The Morgan fingerprint density at radius 3 is 2.50 bits per heavy atom. The van der Waals surface area contributed by atoms with Crippen LogP contribution in [0.2, 0.25) is 0 Å². The Balaban J connectivity index is 2.03. The van der Waals surface area contributed by atoms with Crippen molar-refractivity contribution in [3.8, 4) is 5.75 Å². The van der Waals surface area contributed by atoms with Crippen molar-refractivity contribution in [3.63, 3.8) is 0 Å². The van der Waals surface area contributed by atoms with Gasteiger partial charge in [0.1, 0.15) is 5.75 Å². The van der Waals surface area contributed by atoms with Gasteiger partial charge in [-0.1, -0.05) is 12.8 Å². The fourth-order valence-electron chi connectivity index (χ4n) is 3.32. The average Bonchev–Trinajstić information content (AvgIpc) is 2.68. The van der Waals surface area contributed by atoms with Crippen molar-refractivity contribution in [1.29, 1.82) is 0 Å². The molecule has 1 heterocycles. The van der Waals surface area contributed by atoms with Crippen LogP contribution in [0, 0.1) is 5.92 Å². The molecule has 1 aromatic carbocycles. The maximum Gasteiger partial charge on any atom is 0.439 e. The monoisotopic (exact) mass is 342 g/mol. The first kappa shape index (κ1) is 16.8. The number of hydrazone groups is 1. The first-order valence-electron chi connectivity index (χ1n) is 7.75. The predicted molar refractivity (Wildman–Crippen MR) is 79.3 cm³/mol. The summed E-state index contributed by atoms with van der Waals surface area (Å²) in [5.41, 5.74) is -3.20. The quantitative estimate of drug-likeness (QED) is 0.824. The fourth-order valence-corrected chi connectivity index (χ4v) is 3.32. The number of aliphatic hydroxyl groups is 1. The second-order valence-corrected chi connectivity index (χ2v) is 6.13. The topological polar surface area (TPSA) is 73.1 Å². The lowest BCUT2D eigenvalue weighted by Crippen LogP contribution is -2.61. The molecule has 1 fully saturated rings. The molecule has 1 amide bonds. The van der Waals surface area contributed by atoms with E-state index in [2.05, 4.69) is 5.10 Å². The third-order valence-electron chi connectivity index (χ3n) is 4.59. The summed E-state index contributed by atoms with van der Waals surface area (Å²) in [6, 6.07) is 4.79. The highest BCUT2D eigenvalue weighted by molar-refractivity contribution is 5.99. The van der Waals surface area contributed by atoms with Crippen molar-refractivity contribution in [3.05, 3.63) is 29.8 Å². The van der Waals surface area contributed by atoms with Crippen LogP contribution in [0.15, 0.2) is 29.4 Å². The van der Waals surface area contributed by atoms with E-state index >= 15 is 0 Å². The van der Waals surface area contributed by atoms with Crippen LogP contribution in [0.1, 0.15) is 42.5 Å². The summed E-state index contributed by atoms with van der Waals surface area (Å²) in [5.74, 6) is -2.40. The molecule has 1 aliphatic carbocycles. The van der Waals surface area contributed by atoms with Gasteiger partial charge in [0.25, 0.3) is 11.6 Å². The second kappa shape index (κ2) is 5.77. The number of phenolic OH excluding ortho intramolecular Hbond substituents is 1. The molecule has 24 heavy (non-hydrogen) atoms. The summed E-state index contributed by atoms with van der Waals surface area (Å²) in [7, 11) is 0. The van der Waals surface area contributed by atoms with Crippen LogP contribution >= 0.6 is 0 Å². The SMILES string of the molecule is O=C(c1ccc(O)cc1)N1N=C2CCCCC[C@H]2[C@]1(O)C(F)(F)F. The van der Waals surface area contributed by atoms with Crippen LogP contribution in [0.3, 0.4) is 0 Å². The Morgan fingerprint density at radius 1 is 1.21 bits per heavy atom. The Labute approximate surface area is 136 Å². The van der Waals surface area contributed by atoms with Crippen molar-refractivity contribution in [2.45, 2.75) is 44.0 Å². The van der Waals surface area contributed by atoms with Crippen LogP contribution in [0.4, 0.5) is 13.2 Å². The molecule has 2 atom stereocenters. The summed E-state index contributed by atoms with van der Waals surface area (Å²) in [5, 5.41) is 23.8. The van der Waals surface area contributed by atoms with Crippen molar-refractivity contribution in [2.75, 3.05) is 0 Å². The highest BCUT2D eigenvalue weighted by Gasteiger charge is 2.68. The van der Waals surface area contributed by atoms with Gasteiger partial charge in [-0.05, 0) is 43.5 Å². The van der Waals surface area contributed by atoms with Crippen molar-refractivity contribution >= 4 is 11.6 Å². The summed E-state index contributed by atoms with van der Waals surface area (Å²) >= 11 is 0. The van der Waals surface area contributed by atoms with E-state index in [4.69, 9.17) is 0 Å². The number of hydrogen-bond acceptors (Lipinski definition) is 4. The van der Waals surface area contributed by atoms with E-state index in [1.165, 1.54) is 24.3 Å². The molecule has 0 unspecified atom stereocenters. The minimum Gasteiger partial charge on any atom is -0.508 e. The first-order chi connectivity index (χ1) is 11.2. The number of rotatable bonds is 1. The number of aromatic hydroxyl groups is 1. The molecule has 0 aromatic heterocycles. The fraction of sp³-hybridized carbons (Fsp3) is 0.500. The predicted octanol–water partition coefficient (Wildman–Crippen LogP) is 3.04. The summed E-state index contributed by atoms with van der Waals surface area (Å²) in [6.45, 7) is 0. The minimum atomic E-state index is -5.03. The molecule has 3 rings (SSSR count). The lowest BCUT2D eigenvalue weighted by atomic mass is 9.87. The van der Waals surface area contributed by atoms with E-state index in [1.54, 1.807) is 0 Å². The molecule has 0 bridgehead atoms. The average molecular weight is 342 g/mol. The van der Waals surface area contributed by atoms with Gasteiger partial charge in [-0.3, -0.25) is 4.79 Å². The second-order valence-electron chi connectivity index (χ2n) is 6.13. The molecule has 0 spiro atoms. The third kappa shape index (κ3) is 2.54. The number of phenols is 1. The Hall–Kier alpha value is -2.09. The number of alkyl halides is 3. The third-order valence-corrected chi connectivity index (χ3v) is 4.59. The number of hydrogen-bond donors (Lipinski definition) is 2. The van der Waals surface area contributed by atoms with Gasteiger partial charge in [-0.15, -0.1) is 0 Å². The zero-order valence-electron chi connectivity index (χ0n) is 12.8. The van der Waals surface area contributed by atoms with Gasteiger partial charge in [0.15, 0.2) is 0 Å². The van der Waals surface area contributed by atoms with Gasteiger partial charge < -0.3 is 10.2 Å². The number of nitrogens with zero attached hydrogens (tertiary/aromatic N) is 2. The molecule has 2 N–H and O–H groups in total. The number of benzene rings is 1. The molecular formula is C16H17F3N2O3. The normalized spacial score (nSPS) is 27.4. The molecule has 5 nitrogen and oxygen atoms in total. The highest BCUT2D eigenvalue weighted by Crippen LogP contribution is 2.48. The Morgan fingerprint density at radius 2 is 1.88 bits per heavy atom. The molecule has 1 saturated carbocycles. The first-order valence-corrected chi connectivity index (χ1v) is 7.75. The summed E-state index contributed by atoms with van der Waals surface area (Å²) < 4.78 is 41.0. The van der Waals surface area contributed by atoms with Gasteiger partial charge in [-0.25, -0.2) is 0 Å². The Kier molecular flexibility index (Phi) is 4.03. The van der Waals surface area contributed by atoms with Gasteiger partial charge in [0.2, 0.25) is 0 Å². The Bertz CT molecular complexity index is 672. The molecule has 0 radical (unpaired) electrons. The van der Waals surface area contributed by atoms with E-state index in [0.29, 0.717) is 19.3 Å². The number of carbonyl (C=O) groups excluding carboxylic acids is 1. The molecule has 1 aromatic rings. The van der Waals surface area contributed by atoms with Crippen LogP contribution in [-0.2, 0) is 0 Å². The number of fused-ring (bicyclic) bond motifs is 1. The van der Waals surface area contributed by atoms with Crippen LogP contribution in [0.5, 0.6) is 5.75 Å². The lowest BCUT2D eigenvalue weighted by Gasteiger charge is -2.37. The highest BCUT2D eigenvalue weighted by atomic mass is 19.4. The van der Waals surface area contributed by atoms with Gasteiger partial charge >= 0.3 is 6.18 Å². The standard InChI is InChI=1S/C16H17F3N2O3/c17-16(18,19)15(24)12-4-2-1-3-5-13(12)20-21(15)14(23)10-6-8-11(22)9-7-10/h6-9,12,22,24H,1-5H2/t12-,15+/m1/s1. The van der Waals surface area contributed by atoms with E-state index in [0.717, 1.165) is 6.42 Å². The number of amides is 1. The minimum absolute atomic E-state index is 0.0868. The molecular weight excluding hydrogens is 325 g/mol. The molecule has 1 aliphatic heterocycles. The van der Waals surface area contributed by atoms with Crippen molar-refractivity contribution in [1.82, 2.24) is 5.01 Å². The van der Waals surface area contributed by atoms with Gasteiger partial charge in [0, 0.05) is 11.3 Å². The van der Waals surface area contributed by atoms with Gasteiger partial charge in [-0.2, -0.15) is 23.3 Å². The smallest absolute Gasteiger partial charge is 0.439 e. The van der Waals surface area contributed by atoms with E-state index in [-0.39, 0.29) is 28.5 Å². The zero-order valence-corrected chi connectivity index (χ0v) is 12.8. The maximum absolute atomic E-state index is 13.7. The van der Waals surface area contributed by atoms with Crippen molar-refractivity contribution < 1.29 is 28.2 Å². The largest absolute Gasteiger partial charge is 0.508 e. The number of carbonyl (C=O) groups is 1. The lowest BCUT2D eigenvalue weighted by molar-refractivity contribution is -0.312. The summed E-state index contributed by atoms with van der Waals surface area (Å²) in [4.78, 5) is 12.5. The molecule has 130 valence electrons. The van der Waals surface area contributed by atoms with Crippen LogP contribution in [0.25, 0.3) is 0 Å². The molecule has 2 aliphatic rings. The van der Waals surface area contributed by atoms with E-state index in [1.807, 2.05) is 0 Å². The zero-order chi connectivity index (χ0) is 17.5. The summed E-state index contributed by atoms with van der Waals surface area (Å²) in [6.07, 6.45) is -2.56. The van der Waals surface area contributed by atoms with Crippen LogP contribution in [-0.4, -0.2) is 38.7 Å². The van der Waals surface area contributed by atoms with E-state index in [9.17, 15) is 28.2 Å². The van der Waals surface area contributed by atoms with Crippen LogP contribution < -0.4 is 0 Å². The molecule has 0 saturated heterocycles. The molecule has 8 heteroatoms. The van der Waals surface area contributed by atoms with Gasteiger partial charge in [0.05, 0.1) is 5.92 Å². The maximum atomic E-state index is 13.7. The number of halogens is 3. The van der Waals surface area contributed by atoms with Crippen molar-refractivity contribution in [2.24, 2.45) is 11.0 Å².